The molecule has 3 rings (SSSR count). The van der Waals surface area contributed by atoms with Crippen LogP contribution in [0.2, 0.25) is 0 Å². The first-order chi connectivity index (χ1) is 7.75. The summed E-state index contributed by atoms with van der Waals surface area (Å²) in [5, 5.41) is 8.84. The van der Waals surface area contributed by atoms with Crippen molar-refractivity contribution >= 4 is 17.0 Å². The van der Waals surface area contributed by atoms with E-state index in [1.165, 1.54) is 0 Å². The van der Waals surface area contributed by atoms with E-state index in [1.807, 2.05) is 6.07 Å². The quantitative estimate of drug-likeness (QED) is 0.815. The van der Waals surface area contributed by atoms with Gasteiger partial charge in [-0.15, -0.1) is 0 Å². The minimum absolute atomic E-state index is 0.0392. The van der Waals surface area contributed by atoms with Crippen LogP contribution in [0.4, 0.5) is 0 Å². The lowest BCUT2D eigenvalue weighted by Gasteiger charge is -2.03. The molecule has 0 aromatic carbocycles. The fourth-order valence-corrected chi connectivity index (χ4v) is 2.30. The monoisotopic (exact) mass is 217 g/mol. The predicted octanol–water partition coefficient (Wildman–Crippen LogP) is 1.00. The van der Waals surface area contributed by atoms with Crippen molar-refractivity contribution in [1.82, 2.24) is 14.5 Å². The zero-order chi connectivity index (χ0) is 11.1. The summed E-state index contributed by atoms with van der Waals surface area (Å²) in [6, 6.07) is 1.84. The lowest BCUT2D eigenvalue weighted by atomic mass is 10.2. The Morgan fingerprint density at radius 3 is 3.25 bits per heavy atom. The van der Waals surface area contributed by atoms with E-state index < -0.39 is 5.97 Å². The molecule has 1 N–H and O–H groups in total. The van der Waals surface area contributed by atoms with Gasteiger partial charge in [0, 0.05) is 19.2 Å². The molecule has 0 saturated carbocycles. The molecule has 0 fully saturated rings. The molecule has 2 aromatic heterocycles. The molecule has 0 atom stereocenters. The van der Waals surface area contributed by atoms with Crippen LogP contribution >= 0.6 is 0 Å². The van der Waals surface area contributed by atoms with Gasteiger partial charge in [0.1, 0.15) is 5.82 Å². The predicted molar refractivity (Wildman–Crippen MR) is 57.2 cm³/mol. The Morgan fingerprint density at radius 1 is 1.56 bits per heavy atom. The number of carboxylic acid groups (broad SMARTS) is 1. The topological polar surface area (TPSA) is 68.0 Å². The maximum atomic E-state index is 10.8. The van der Waals surface area contributed by atoms with Crippen LogP contribution in [0.1, 0.15) is 17.9 Å². The molecule has 0 spiro atoms. The Bertz CT molecular complexity index is 574. The second-order valence-corrected chi connectivity index (χ2v) is 3.98. The van der Waals surface area contributed by atoms with E-state index in [2.05, 4.69) is 14.5 Å². The van der Waals surface area contributed by atoms with Crippen molar-refractivity contribution in [3.63, 3.8) is 0 Å². The summed E-state index contributed by atoms with van der Waals surface area (Å²) in [4.78, 5) is 19.4. The largest absolute Gasteiger partial charge is 0.481 e. The normalized spacial score (nSPS) is 14.2. The van der Waals surface area contributed by atoms with E-state index >= 15 is 0 Å². The highest BCUT2D eigenvalue weighted by Crippen LogP contribution is 2.24. The minimum Gasteiger partial charge on any atom is -0.481 e. The Balaban J connectivity index is 2.24. The lowest BCUT2D eigenvalue weighted by molar-refractivity contribution is -0.136. The van der Waals surface area contributed by atoms with E-state index in [-0.39, 0.29) is 6.42 Å². The Labute approximate surface area is 91.7 Å². The zero-order valence-electron chi connectivity index (χ0n) is 8.68. The van der Waals surface area contributed by atoms with Crippen molar-refractivity contribution < 1.29 is 9.90 Å². The minimum atomic E-state index is -0.853. The Kier molecular flexibility index (Phi) is 1.92. The van der Waals surface area contributed by atoms with E-state index in [0.29, 0.717) is 5.69 Å². The number of aromatic nitrogens is 3. The first-order valence-corrected chi connectivity index (χ1v) is 5.30. The Hall–Kier alpha value is -1.91. The van der Waals surface area contributed by atoms with Crippen molar-refractivity contribution in [2.75, 3.05) is 0 Å². The summed E-state index contributed by atoms with van der Waals surface area (Å²) in [6.45, 7) is 0.921. The molecule has 2 aromatic rings. The van der Waals surface area contributed by atoms with Crippen LogP contribution in [0.5, 0.6) is 0 Å². The number of aliphatic carboxylic acids is 1. The SMILES string of the molecule is O=C(O)Cc1nccc2nc3n(c12)CCC3. The Morgan fingerprint density at radius 2 is 2.44 bits per heavy atom. The summed E-state index contributed by atoms with van der Waals surface area (Å²) in [6.07, 6.45) is 3.65. The van der Waals surface area contributed by atoms with E-state index in [0.717, 1.165) is 36.2 Å². The second kappa shape index (κ2) is 3.30. The van der Waals surface area contributed by atoms with Gasteiger partial charge in [-0.3, -0.25) is 9.78 Å². The summed E-state index contributed by atoms with van der Waals surface area (Å²) in [5.74, 6) is 0.197. The first kappa shape index (κ1) is 9.33. The van der Waals surface area contributed by atoms with Crippen LogP contribution in [-0.4, -0.2) is 25.6 Å². The van der Waals surface area contributed by atoms with Gasteiger partial charge in [-0.1, -0.05) is 0 Å². The molecular formula is C11H11N3O2. The van der Waals surface area contributed by atoms with Gasteiger partial charge in [-0.25, -0.2) is 4.98 Å². The van der Waals surface area contributed by atoms with Crippen LogP contribution < -0.4 is 0 Å². The van der Waals surface area contributed by atoms with E-state index in [4.69, 9.17) is 5.11 Å². The third-order valence-corrected chi connectivity index (χ3v) is 2.91. The smallest absolute Gasteiger partial charge is 0.309 e. The summed E-state index contributed by atoms with van der Waals surface area (Å²) in [5.41, 5.74) is 2.38. The number of imidazole rings is 1. The fraction of sp³-hybridized carbons (Fsp3) is 0.364. The number of carboxylic acids is 1. The van der Waals surface area contributed by atoms with Gasteiger partial charge in [0.2, 0.25) is 0 Å². The third-order valence-electron chi connectivity index (χ3n) is 2.91. The van der Waals surface area contributed by atoms with Crippen LogP contribution in [0.3, 0.4) is 0 Å². The molecular weight excluding hydrogens is 206 g/mol. The van der Waals surface area contributed by atoms with E-state index in [9.17, 15) is 4.79 Å². The van der Waals surface area contributed by atoms with Gasteiger partial charge in [-0.05, 0) is 12.5 Å². The number of carbonyl (C=O) groups is 1. The molecule has 82 valence electrons. The maximum Gasteiger partial charge on any atom is 0.309 e. The van der Waals surface area contributed by atoms with Crippen molar-refractivity contribution in [3.8, 4) is 0 Å². The molecule has 0 amide bonds. The molecule has 0 unspecified atom stereocenters. The number of hydrogen-bond acceptors (Lipinski definition) is 3. The summed E-state index contributed by atoms with van der Waals surface area (Å²) in [7, 11) is 0. The average molecular weight is 217 g/mol. The molecule has 5 nitrogen and oxygen atoms in total. The first-order valence-electron chi connectivity index (χ1n) is 5.30. The van der Waals surface area contributed by atoms with Crippen LogP contribution in [0, 0.1) is 0 Å². The summed E-state index contributed by atoms with van der Waals surface area (Å²) >= 11 is 0. The highest BCUT2D eigenvalue weighted by Gasteiger charge is 2.19. The fourth-order valence-electron chi connectivity index (χ4n) is 2.30. The molecule has 1 aliphatic heterocycles. The number of rotatable bonds is 2. The number of hydrogen-bond donors (Lipinski definition) is 1. The van der Waals surface area contributed by atoms with Gasteiger partial charge in [0.05, 0.1) is 23.1 Å². The number of pyridine rings is 1. The maximum absolute atomic E-state index is 10.8. The standard InChI is InChI=1S/C11H11N3O2/c15-10(16)6-8-11-7(3-4-12-8)13-9-2-1-5-14(9)11/h3-4H,1-2,5-6H2,(H,15,16). The number of aryl methyl sites for hydroxylation is 2. The average Bonchev–Trinajstić information content (AvgIpc) is 2.75. The number of nitrogens with zero attached hydrogens (tertiary/aromatic N) is 3. The molecule has 0 aliphatic carbocycles. The molecule has 1 aliphatic rings. The van der Waals surface area contributed by atoms with Gasteiger partial charge in [0.15, 0.2) is 0 Å². The second-order valence-electron chi connectivity index (χ2n) is 3.98. The lowest BCUT2D eigenvalue weighted by Crippen LogP contribution is -2.05. The van der Waals surface area contributed by atoms with Gasteiger partial charge >= 0.3 is 5.97 Å². The van der Waals surface area contributed by atoms with Gasteiger partial charge in [-0.2, -0.15) is 0 Å². The number of fused-ring (bicyclic) bond motifs is 3. The van der Waals surface area contributed by atoms with Crippen molar-refractivity contribution in [2.24, 2.45) is 0 Å². The van der Waals surface area contributed by atoms with E-state index in [1.54, 1.807) is 6.20 Å². The molecule has 0 saturated heterocycles. The van der Waals surface area contributed by atoms with Crippen molar-refractivity contribution in [2.45, 2.75) is 25.8 Å². The van der Waals surface area contributed by atoms with Crippen LogP contribution in [0.25, 0.3) is 11.0 Å². The van der Waals surface area contributed by atoms with Gasteiger partial charge < -0.3 is 9.67 Å². The van der Waals surface area contributed by atoms with Crippen LogP contribution in [-0.2, 0) is 24.2 Å². The van der Waals surface area contributed by atoms with Crippen LogP contribution in [0.15, 0.2) is 12.3 Å². The molecule has 0 bridgehead atoms. The molecule has 0 radical (unpaired) electrons. The van der Waals surface area contributed by atoms with Crippen molar-refractivity contribution in [1.29, 1.82) is 0 Å². The highest BCUT2D eigenvalue weighted by atomic mass is 16.4. The van der Waals surface area contributed by atoms with Gasteiger partial charge in [0.25, 0.3) is 0 Å². The molecule has 3 heterocycles. The molecule has 5 heteroatoms. The molecule has 16 heavy (non-hydrogen) atoms. The summed E-state index contributed by atoms with van der Waals surface area (Å²) < 4.78 is 2.10. The highest BCUT2D eigenvalue weighted by molar-refractivity contribution is 5.82. The van der Waals surface area contributed by atoms with Crippen molar-refractivity contribution in [3.05, 3.63) is 23.8 Å². The zero-order valence-corrected chi connectivity index (χ0v) is 8.68. The third kappa shape index (κ3) is 1.28.